The Morgan fingerprint density at radius 1 is 1.37 bits per heavy atom. The summed E-state index contributed by atoms with van der Waals surface area (Å²) in [5.74, 6) is 1.19. The molecule has 0 aliphatic rings. The van der Waals surface area contributed by atoms with E-state index >= 15 is 0 Å². The number of benzene rings is 1. The molecule has 5 nitrogen and oxygen atoms in total. The molecule has 1 aromatic heterocycles. The molecule has 100 valence electrons. The molecule has 0 spiro atoms. The zero-order valence-corrected chi connectivity index (χ0v) is 11.2. The average molecular weight is 278 g/mol. The van der Waals surface area contributed by atoms with Gasteiger partial charge in [0, 0.05) is 5.56 Å². The van der Waals surface area contributed by atoms with Crippen molar-refractivity contribution in [3.8, 4) is 11.5 Å². The number of thiophene rings is 1. The second kappa shape index (κ2) is 6.10. The van der Waals surface area contributed by atoms with Crippen LogP contribution in [0.1, 0.15) is 11.1 Å². The van der Waals surface area contributed by atoms with Crippen molar-refractivity contribution in [2.45, 2.75) is 6.61 Å². The maximum absolute atomic E-state index is 8.64. The third-order valence-corrected chi connectivity index (χ3v) is 3.27. The van der Waals surface area contributed by atoms with Crippen LogP contribution in [0.5, 0.6) is 11.5 Å². The van der Waals surface area contributed by atoms with E-state index in [1.807, 2.05) is 16.8 Å². The quantitative estimate of drug-likeness (QED) is 0.381. The molecular weight excluding hydrogens is 264 g/mol. The topological polar surface area (TPSA) is 77.1 Å². The average Bonchev–Trinajstić information content (AvgIpc) is 2.97. The van der Waals surface area contributed by atoms with E-state index in [1.54, 1.807) is 36.6 Å². The van der Waals surface area contributed by atoms with E-state index in [0.29, 0.717) is 23.7 Å². The fraction of sp³-hybridized carbons (Fsp3) is 0.154. The Morgan fingerprint density at radius 3 is 2.84 bits per heavy atom. The van der Waals surface area contributed by atoms with Crippen molar-refractivity contribution in [1.29, 1.82) is 0 Å². The van der Waals surface area contributed by atoms with Crippen LogP contribution in [0.4, 0.5) is 0 Å². The summed E-state index contributed by atoms with van der Waals surface area (Å²) in [6, 6.07) is 7.11. The van der Waals surface area contributed by atoms with E-state index in [4.69, 9.17) is 20.4 Å². The van der Waals surface area contributed by atoms with E-state index in [-0.39, 0.29) is 5.84 Å². The minimum Gasteiger partial charge on any atom is -0.493 e. The zero-order valence-electron chi connectivity index (χ0n) is 10.4. The van der Waals surface area contributed by atoms with Crippen molar-refractivity contribution >= 4 is 17.2 Å². The van der Waals surface area contributed by atoms with Crippen LogP contribution in [0.15, 0.2) is 40.2 Å². The predicted octanol–water partition coefficient (Wildman–Crippen LogP) is 2.43. The fourth-order valence-electron chi connectivity index (χ4n) is 1.54. The molecule has 0 aliphatic heterocycles. The lowest BCUT2D eigenvalue weighted by Crippen LogP contribution is -2.13. The lowest BCUT2D eigenvalue weighted by Gasteiger charge is -2.11. The van der Waals surface area contributed by atoms with Crippen molar-refractivity contribution in [3.63, 3.8) is 0 Å². The van der Waals surface area contributed by atoms with Gasteiger partial charge < -0.3 is 20.4 Å². The lowest BCUT2D eigenvalue weighted by molar-refractivity contribution is 0.285. The SMILES string of the molecule is COc1cc(/C(N)=N/O)ccc1OCc1ccsc1. The van der Waals surface area contributed by atoms with Gasteiger partial charge in [-0.05, 0) is 40.6 Å². The highest BCUT2D eigenvalue weighted by Crippen LogP contribution is 2.28. The Kier molecular flexibility index (Phi) is 4.25. The standard InChI is InChI=1S/C13H14N2O3S/c1-17-12-6-10(13(14)15-16)2-3-11(12)18-7-9-4-5-19-8-9/h2-6,8,16H,7H2,1H3,(H2,14,15). The number of ether oxygens (including phenoxy) is 2. The van der Waals surface area contributed by atoms with Crippen LogP contribution in [-0.4, -0.2) is 18.2 Å². The summed E-state index contributed by atoms with van der Waals surface area (Å²) in [6.07, 6.45) is 0. The van der Waals surface area contributed by atoms with Crippen molar-refractivity contribution in [2.24, 2.45) is 10.9 Å². The van der Waals surface area contributed by atoms with Gasteiger partial charge in [-0.2, -0.15) is 11.3 Å². The molecule has 1 heterocycles. The second-order valence-corrected chi connectivity index (χ2v) is 4.55. The van der Waals surface area contributed by atoms with Gasteiger partial charge in [-0.15, -0.1) is 0 Å². The highest BCUT2D eigenvalue weighted by Gasteiger charge is 2.08. The second-order valence-electron chi connectivity index (χ2n) is 3.77. The molecule has 0 saturated heterocycles. The van der Waals surface area contributed by atoms with Crippen molar-refractivity contribution in [1.82, 2.24) is 0 Å². The first-order valence-corrected chi connectivity index (χ1v) is 6.48. The highest BCUT2D eigenvalue weighted by atomic mass is 32.1. The van der Waals surface area contributed by atoms with Gasteiger partial charge in [0.1, 0.15) is 6.61 Å². The van der Waals surface area contributed by atoms with Gasteiger partial charge in [0.2, 0.25) is 0 Å². The molecule has 0 fully saturated rings. The highest BCUT2D eigenvalue weighted by molar-refractivity contribution is 7.07. The molecule has 0 atom stereocenters. The summed E-state index contributed by atoms with van der Waals surface area (Å²) in [5, 5.41) is 15.6. The summed E-state index contributed by atoms with van der Waals surface area (Å²) in [7, 11) is 1.54. The smallest absolute Gasteiger partial charge is 0.170 e. The van der Waals surface area contributed by atoms with Crippen LogP contribution in [-0.2, 0) is 6.61 Å². The van der Waals surface area contributed by atoms with Gasteiger partial charge in [0.25, 0.3) is 0 Å². The zero-order chi connectivity index (χ0) is 13.7. The van der Waals surface area contributed by atoms with Crippen LogP contribution in [0, 0.1) is 0 Å². The number of oxime groups is 1. The first kappa shape index (κ1) is 13.2. The summed E-state index contributed by atoms with van der Waals surface area (Å²) >= 11 is 1.62. The maximum Gasteiger partial charge on any atom is 0.170 e. The van der Waals surface area contributed by atoms with E-state index in [1.165, 1.54) is 0 Å². The molecular formula is C13H14N2O3S. The Morgan fingerprint density at radius 2 is 2.21 bits per heavy atom. The van der Waals surface area contributed by atoms with Crippen LogP contribution in [0.2, 0.25) is 0 Å². The van der Waals surface area contributed by atoms with E-state index in [9.17, 15) is 0 Å². The fourth-order valence-corrected chi connectivity index (χ4v) is 2.19. The maximum atomic E-state index is 8.64. The predicted molar refractivity (Wildman–Crippen MR) is 74.2 cm³/mol. The Balaban J connectivity index is 2.16. The molecule has 0 unspecified atom stereocenters. The van der Waals surface area contributed by atoms with E-state index < -0.39 is 0 Å². The first-order chi connectivity index (χ1) is 9.24. The summed E-state index contributed by atoms with van der Waals surface area (Å²) in [6.45, 7) is 0.475. The molecule has 0 saturated carbocycles. The molecule has 2 aromatic rings. The normalized spacial score (nSPS) is 11.3. The van der Waals surface area contributed by atoms with Gasteiger partial charge in [-0.3, -0.25) is 0 Å². The molecule has 3 N–H and O–H groups in total. The number of amidine groups is 1. The summed E-state index contributed by atoms with van der Waals surface area (Å²) < 4.78 is 10.9. The van der Waals surface area contributed by atoms with Gasteiger partial charge in [0.15, 0.2) is 17.3 Å². The minimum atomic E-state index is 0.0303. The molecule has 0 aliphatic carbocycles. The van der Waals surface area contributed by atoms with Crippen LogP contribution < -0.4 is 15.2 Å². The van der Waals surface area contributed by atoms with Crippen molar-refractivity contribution in [3.05, 3.63) is 46.2 Å². The molecule has 19 heavy (non-hydrogen) atoms. The van der Waals surface area contributed by atoms with Gasteiger partial charge in [0.05, 0.1) is 7.11 Å². The minimum absolute atomic E-state index is 0.0303. The van der Waals surface area contributed by atoms with Crippen molar-refractivity contribution in [2.75, 3.05) is 7.11 Å². The molecule has 0 radical (unpaired) electrons. The molecule has 6 heteroatoms. The Hall–Kier alpha value is -2.21. The van der Waals surface area contributed by atoms with Crippen molar-refractivity contribution < 1.29 is 14.7 Å². The molecule has 2 rings (SSSR count). The van der Waals surface area contributed by atoms with Gasteiger partial charge >= 0.3 is 0 Å². The largest absolute Gasteiger partial charge is 0.493 e. The van der Waals surface area contributed by atoms with Crippen LogP contribution >= 0.6 is 11.3 Å². The van der Waals surface area contributed by atoms with E-state index in [0.717, 1.165) is 5.56 Å². The summed E-state index contributed by atoms with van der Waals surface area (Å²) in [4.78, 5) is 0. The third-order valence-electron chi connectivity index (χ3n) is 2.54. The third kappa shape index (κ3) is 3.17. The number of hydrogen-bond donors (Lipinski definition) is 2. The number of rotatable bonds is 5. The first-order valence-electron chi connectivity index (χ1n) is 5.54. The van der Waals surface area contributed by atoms with Crippen LogP contribution in [0.3, 0.4) is 0 Å². The monoisotopic (exact) mass is 278 g/mol. The summed E-state index contributed by atoms with van der Waals surface area (Å²) in [5.41, 5.74) is 7.20. The number of nitrogens with zero attached hydrogens (tertiary/aromatic N) is 1. The number of hydrogen-bond acceptors (Lipinski definition) is 5. The molecule has 0 bridgehead atoms. The number of methoxy groups -OCH3 is 1. The van der Waals surface area contributed by atoms with E-state index in [2.05, 4.69) is 5.16 Å². The Bertz CT molecular complexity index is 567. The van der Waals surface area contributed by atoms with Gasteiger partial charge in [-0.25, -0.2) is 0 Å². The van der Waals surface area contributed by atoms with Crippen LogP contribution in [0.25, 0.3) is 0 Å². The number of nitrogens with two attached hydrogens (primary N) is 1. The molecule has 0 amide bonds. The van der Waals surface area contributed by atoms with Gasteiger partial charge in [-0.1, -0.05) is 5.16 Å². The molecule has 1 aromatic carbocycles. The Labute approximate surface area is 114 Å². The lowest BCUT2D eigenvalue weighted by atomic mass is 10.2.